The number of phenolic OH excluding ortho intramolecular Hbond substituents is 1. The van der Waals surface area contributed by atoms with Gasteiger partial charge in [-0.05, 0) is 24.6 Å². The minimum absolute atomic E-state index is 0. The number of aromatic carboxylic acids is 1. The summed E-state index contributed by atoms with van der Waals surface area (Å²) in [6.07, 6.45) is 0.300. The molecule has 0 fully saturated rings. The van der Waals surface area contributed by atoms with Gasteiger partial charge in [0.1, 0.15) is 5.75 Å². The molecule has 0 saturated carbocycles. The Morgan fingerprint density at radius 1 is 1.44 bits per heavy atom. The molecule has 1 rings (SSSR count). The number of hydrogen-bond acceptors (Lipinski definition) is 4. The molecule has 0 saturated heterocycles. The van der Waals surface area contributed by atoms with Gasteiger partial charge < -0.3 is 20.3 Å². The average Bonchev–Trinajstić information content (AvgIpc) is 2.21. The number of phenols is 1. The van der Waals surface area contributed by atoms with E-state index in [1.54, 1.807) is 6.92 Å². The number of nitrogens with one attached hydrogen (secondary N) is 1. The molecule has 0 radical (unpaired) electrons. The number of amides is 1. The Morgan fingerprint density at radius 3 is 2.56 bits per heavy atom. The summed E-state index contributed by atoms with van der Waals surface area (Å²) >= 11 is 2.05. The molecule has 18 heavy (non-hydrogen) atoms. The summed E-state index contributed by atoms with van der Waals surface area (Å²) in [7, 11) is 0. The SMILES string of the molecule is Cc1cc(O)c(NC(=O)CCI)cc1C(=O)[O-].[Na+]. The van der Waals surface area contributed by atoms with Crippen molar-refractivity contribution in [2.24, 2.45) is 0 Å². The van der Waals surface area contributed by atoms with E-state index in [0.717, 1.165) is 0 Å². The number of carbonyl (C=O) groups is 2. The third-order valence-corrected chi connectivity index (χ3v) is 2.70. The zero-order valence-corrected chi connectivity index (χ0v) is 14.3. The number of halogens is 1. The van der Waals surface area contributed by atoms with Gasteiger partial charge in [0, 0.05) is 16.4 Å². The molecule has 5 nitrogen and oxygen atoms in total. The monoisotopic (exact) mass is 371 g/mol. The van der Waals surface area contributed by atoms with Crippen LogP contribution in [0.15, 0.2) is 12.1 Å². The number of carboxylic acids is 1. The van der Waals surface area contributed by atoms with Crippen molar-refractivity contribution in [2.45, 2.75) is 13.3 Å². The van der Waals surface area contributed by atoms with E-state index < -0.39 is 5.97 Å². The Kier molecular flexibility index (Phi) is 7.84. The van der Waals surface area contributed by atoms with E-state index in [-0.39, 0.29) is 52.5 Å². The van der Waals surface area contributed by atoms with Gasteiger partial charge >= 0.3 is 29.6 Å². The maximum absolute atomic E-state index is 11.3. The molecule has 0 bridgehead atoms. The Hall–Kier alpha value is -0.310. The minimum Gasteiger partial charge on any atom is -0.545 e. The number of benzene rings is 1. The fraction of sp³-hybridized carbons (Fsp3) is 0.273. The second kappa shape index (κ2) is 7.98. The molecule has 1 aromatic rings. The van der Waals surface area contributed by atoms with E-state index in [1.807, 2.05) is 22.6 Å². The van der Waals surface area contributed by atoms with Crippen LogP contribution in [0.25, 0.3) is 0 Å². The number of aromatic hydroxyl groups is 1. The Bertz CT molecular complexity index is 465. The number of carboxylic acid groups (broad SMARTS) is 1. The molecule has 1 aromatic carbocycles. The Morgan fingerprint density at radius 2 is 2.06 bits per heavy atom. The third-order valence-electron chi connectivity index (χ3n) is 2.16. The van der Waals surface area contributed by atoms with Crippen LogP contribution in [0.5, 0.6) is 5.75 Å². The fourth-order valence-electron chi connectivity index (χ4n) is 1.31. The normalized spacial score (nSPS) is 9.44. The predicted molar refractivity (Wildman–Crippen MR) is 69.3 cm³/mol. The molecule has 7 heteroatoms. The first-order chi connectivity index (χ1) is 7.95. The van der Waals surface area contributed by atoms with Crippen LogP contribution in [-0.2, 0) is 4.79 Å². The van der Waals surface area contributed by atoms with Crippen molar-refractivity contribution in [3.63, 3.8) is 0 Å². The van der Waals surface area contributed by atoms with Gasteiger partial charge in [0.2, 0.25) is 5.91 Å². The van der Waals surface area contributed by atoms with Crippen molar-refractivity contribution in [3.8, 4) is 5.75 Å². The molecular weight excluding hydrogens is 360 g/mol. The zero-order valence-electron chi connectivity index (χ0n) is 10.1. The first kappa shape index (κ1) is 17.7. The smallest absolute Gasteiger partial charge is 0.545 e. The van der Waals surface area contributed by atoms with E-state index in [4.69, 9.17) is 0 Å². The van der Waals surface area contributed by atoms with Crippen molar-refractivity contribution in [2.75, 3.05) is 9.74 Å². The first-order valence-electron chi connectivity index (χ1n) is 4.86. The first-order valence-corrected chi connectivity index (χ1v) is 6.39. The quantitative estimate of drug-likeness (QED) is 0.273. The fourth-order valence-corrected chi connectivity index (χ4v) is 1.80. The molecule has 2 N–H and O–H groups in total. The molecule has 0 spiro atoms. The standard InChI is InChI=1S/C11H12INO4.Na/c1-6-4-9(14)8(5-7(6)11(16)17)13-10(15)2-3-12;/h4-5,14H,2-3H2,1H3,(H,13,15)(H,16,17);/q;+1/p-1. The van der Waals surface area contributed by atoms with Gasteiger partial charge in [-0.15, -0.1) is 0 Å². The van der Waals surface area contributed by atoms with Crippen LogP contribution >= 0.6 is 22.6 Å². The van der Waals surface area contributed by atoms with E-state index in [0.29, 0.717) is 16.4 Å². The molecule has 0 aliphatic carbocycles. The zero-order chi connectivity index (χ0) is 13.0. The van der Waals surface area contributed by atoms with Crippen LogP contribution in [0.3, 0.4) is 0 Å². The van der Waals surface area contributed by atoms with Crippen LogP contribution in [0.1, 0.15) is 22.3 Å². The summed E-state index contributed by atoms with van der Waals surface area (Å²) in [5, 5.41) is 22.8. The van der Waals surface area contributed by atoms with Crippen molar-refractivity contribution in [3.05, 3.63) is 23.3 Å². The van der Waals surface area contributed by atoms with Crippen LogP contribution in [0.2, 0.25) is 0 Å². The number of anilines is 1. The van der Waals surface area contributed by atoms with Gasteiger partial charge in [0.05, 0.1) is 11.7 Å². The number of rotatable bonds is 4. The van der Waals surface area contributed by atoms with Crippen LogP contribution in [-0.4, -0.2) is 21.4 Å². The number of carbonyl (C=O) groups excluding carboxylic acids is 2. The molecule has 1 amide bonds. The molecular formula is C11H11INNaO4. The molecule has 0 aliphatic rings. The topological polar surface area (TPSA) is 89.5 Å². The van der Waals surface area contributed by atoms with Gasteiger partial charge in [-0.25, -0.2) is 0 Å². The predicted octanol–water partition coefficient (Wildman–Crippen LogP) is -2.17. The summed E-state index contributed by atoms with van der Waals surface area (Å²) in [6, 6.07) is 2.48. The molecule has 0 aromatic heterocycles. The second-order valence-corrected chi connectivity index (χ2v) is 4.54. The second-order valence-electron chi connectivity index (χ2n) is 3.46. The third kappa shape index (κ3) is 4.75. The van der Waals surface area contributed by atoms with E-state index in [2.05, 4.69) is 5.32 Å². The number of hydrogen-bond donors (Lipinski definition) is 2. The molecule has 0 aliphatic heterocycles. The number of alkyl halides is 1. The van der Waals surface area contributed by atoms with E-state index in [9.17, 15) is 19.8 Å². The Labute approximate surface area is 140 Å². The van der Waals surface area contributed by atoms with Crippen LogP contribution in [0.4, 0.5) is 5.69 Å². The van der Waals surface area contributed by atoms with Crippen molar-refractivity contribution < 1.29 is 49.4 Å². The van der Waals surface area contributed by atoms with Crippen LogP contribution in [0, 0.1) is 6.92 Å². The summed E-state index contributed by atoms with van der Waals surface area (Å²) < 4.78 is 0.642. The van der Waals surface area contributed by atoms with Gasteiger partial charge in [-0.3, -0.25) is 4.79 Å². The largest absolute Gasteiger partial charge is 1.00 e. The summed E-state index contributed by atoms with van der Waals surface area (Å²) in [5.41, 5.74) is 0.423. The van der Waals surface area contributed by atoms with Gasteiger partial charge in [0.15, 0.2) is 0 Å². The molecule has 0 atom stereocenters. The molecule has 0 heterocycles. The maximum Gasteiger partial charge on any atom is 1.00 e. The summed E-state index contributed by atoms with van der Waals surface area (Å²) in [6.45, 7) is 1.54. The summed E-state index contributed by atoms with van der Waals surface area (Å²) in [4.78, 5) is 22.1. The van der Waals surface area contributed by atoms with Crippen LogP contribution < -0.4 is 40.0 Å². The minimum atomic E-state index is -1.34. The van der Waals surface area contributed by atoms with E-state index in [1.165, 1.54) is 12.1 Å². The average molecular weight is 371 g/mol. The van der Waals surface area contributed by atoms with Crippen molar-refractivity contribution in [1.29, 1.82) is 0 Å². The van der Waals surface area contributed by atoms with Gasteiger partial charge in [-0.1, -0.05) is 22.6 Å². The Balaban J connectivity index is 0.00000289. The van der Waals surface area contributed by atoms with E-state index >= 15 is 0 Å². The van der Waals surface area contributed by atoms with Crippen molar-refractivity contribution >= 4 is 40.2 Å². The van der Waals surface area contributed by atoms with Crippen molar-refractivity contribution in [1.82, 2.24) is 0 Å². The maximum atomic E-state index is 11.3. The summed E-state index contributed by atoms with van der Waals surface area (Å²) in [5.74, 6) is -1.77. The van der Waals surface area contributed by atoms with Gasteiger partial charge in [0.25, 0.3) is 0 Å². The molecule has 92 valence electrons. The van der Waals surface area contributed by atoms with Gasteiger partial charge in [-0.2, -0.15) is 0 Å². The number of aryl methyl sites for hydroxylation is 1. The molecule has 0 unspecified atom stereocenters.